The van der Waals surface area contributed by atoms with Crippen molar-refractivity contribution in [1.82, 2.24) is 5.32 Å². The fourth-order valence-corrected chi connectivity index (χ4v) is 6.12. The number of epoxide rings is 1. The second-order valence-electron chi connectivity index (χ2n) is 11.4. The van der Waals surface area contributed by atoms with E-state index in [4.69, 9.17) is 35.3 Å². The van der Waals surface area contributed by atoms with E-state index in [1.807, 2.05) is 26.0 Å². The number of nitrogens with zero attached hydrogens (tertiary/aromatic N) is 1. The molecule has 0 spiro atoms. The van der Waals surface area contributed by atoms with Crippen LogP contribution in [0.1, 0.15) is 46.1 Å². The smallest absolute Gasteiger partial charge is 0.409 e. The molecule has 1 aromatic carbocycles. The largest absolute Gasteiger partial charge is 0.495 e. The summed E-state index contributed by atoms with van der Waals surface area (Å²) in [6.45, 7) is 6.77. The number of fused-ring (bicyclic) bond motifs is 5. The van der Waals surface area contributed by atoms with Gasteiger partial charge in [-0.1, -0.05) is 42.3 Å². The lowest BCUT2D eigenvalue weighted by Crippen LogP contribution is -2.63. The maximum atomic E-state index is 13.6. The molecule has 2 N–H and O–H groups in total. The van der Waals surface area contributed by atoms with E-state index in [0.29, 0.717) is 17.9 Å². The number of methoxy groups -OCH3 is 2. The minimum atomic E-state index is -1.76. The molecule has 230 valence electrons. The summed E-state index contributed by atoms with van der Waals surface area (Å²) < 4.78 is 28.4. The molecule has 4 rings (SSSR count). The lowest BCUT2D eigenvalue weighted by molar-refractivity contribution is -0.151. The van der Waals surface area contributed by atoms with E-state index < -0.39 is 53.7 Å². The molecule has 7 unspecified atom stereocenters. The highest BCUT2D eigenvalue weighted by atomic mass is 35.5. The van der Waals surface area contributed by atoms with Crippen LogP contribution in [-0.4, -0.2) is 80.1 Å². The third-order valence-corrected chi connectivity index (χ3v) is 8.64. The van der Waals surface area contributed by atoms with Crippen LogP contribution in [0.2, 0.25) is 5.02 Å². The molecule has 3 aliphatic rings. The molecule has 12 heteroatoms. The monoisotopic (exact) mass is 606 g/mol. The minimum absolute atomic E-state index is 0.00538. The van der Waals surface area contributed by atoms with Gasteiger partial charge in [-0.2, -0.15) is 0 Å². The third-order valence-electron chi connectivity index (χ3n) is 8.26. The van der Waals surface area contributed by atoms with Crippen LogP contribution in [0, 0.1) is 5.92 Å². The number of rotatable bonds is 3. The minimum Gasteiger partial charge on any atom is -0.495 e. The number of benzene rings is 1. The summed E-state index contributed by atoms with van der Waals surface area (Å²) in [7, 11) is 4.54. The maximum absolute atomic E-state index is 13.6. The van der Waals surface area contributed by atoms with E-state index >= 15 is 0 Å². The number of anilines is 1. The standard InChI is InChI=1S/C30H39ClN2O9/c1-16-9-8-10-23(39-7)30(37)15-22(41-28(36)32-30)17(2)27-29(4,42-27)24(40-18(3)34)14-25(35)33(5)20-12-19(11-16)13-21(38-6)26(20)31/h8-10,12-13,17,22-24,27,37H,11,14-15H2,1-7H3,(H,32,36)/b10-8?,16-9+. The number of allylic oxidation sites excluding steroid dienone is 3. The van der Waals surface area contributed by atoms with Gasteiger partial charge in [0, 0.05) is 33.4 Å². The predicted octanol–water partition coefficient (Wildman–Crippen LogP) is 3.69. The van der Waals surface area contributed by atoms with Crippen molar-refractivity contribution in [2.45, 2.75) is 82.7 Å². The molecule has 1 aromatic rings. The number of carbonyl (C=O) groups is 3. The van der Waals surface area contributed by atoms with Gasteiger partial charge in [0.25, 0.3) is 0 Å². The van der Waals surface area contributed by atoms with Gasteiger partial charge in [-0.3, -0.25) is 14.9 Å². The van der Waals surface area contributed by atoms with Crippen molar-refractivity contribution in [2.24, 2.45) is 5.92 Å². The number of aliphatic hydroxyl groups is 1. The molecule has 11 nitrogen and oxygen atoms in total. The summed E-state index contributed by atoms with van der Waals surface area (Å²) in [5, 5.41) is 14.3. The summed E-state index contributed by atoms with van der Waals surface area (Å²) in [6.07, 6.45) is 1.67. The second-order valence-corrected chi connectivity index (χ2v) is 11.8. The zero-order valence-corrected chi connectivity index (χ0v) is 25.7. The molecule has 42 heavy (non-hydrogen) atoms. The van der Waals surface area contributed by atoms with E-state index in [9.17, 15) is 19.5 Å². The van der Waals surface area contributed by atoms with Crippen molar-refractivity contribution < 1.29 is 43.2 Å². The fourth-order valence-electron chi connectivity index (χ4n) is 5.81. The van der Waals surface area contributed by atoms with E-state index in [2.05, 4.69) is 5.32 Å². The Morgan fingerprint density at radius 3 is 2.62 bits per heavy atom. The number of ether oxygens (including phenoxy) is 5. The second kappa shape index (κ2) is 12.2. The van der Waals surface area contributed by atoms with Gasteiger partial charge in [0.2, 0.25) is 5.91 Å². The molecular weight excluding hydrogens is 568 g/mol. The Hall–Kier alpha value is -3.12. The molecule has 2 fully saturated rings. The number of nitrogens with one attached hydrogen (secondary N) is 1. The van der Waals surface area contributed by atoms with Gasteiger partial charge in [-0.05, 0) is 38.0 Å². The van der Waals surface area contributed by atoms with E-state index in [0.717, 1.165) is 11.1 Å². The summed E-state index contributed by atoms with van der Waals surface area (Å²) >= 11 is 6.64. The summed E-state index contributed by atoms with van der Waals surface area (Å²) in [6, 6.07) is 3.62. The van der Waals surface area contributed by atoms with Crippen molar-refractivity contribution >= 4 is 35.3 Å². The maximum Gasteiger partial charge on any atom is 0.409 e. The first-order valence-corrected chi connectivity index (χ1v) is 14.2. The summed E-state index contributed by atoms with van der Waals surface area (Å²) in [5.74, 6) is -0.951. The Labute approximate surface area is 250 Å². The van der Waals surface area contributed by atoms with Gasteiger partial charge < -0.3 is 33.7 Å². The quantitative estimate of drug-likeness (QED) is 0.390. The number of alkyl carbamates (subject to hydrolysis) is 1. The van der Waals surface area contributed by atoms with Gasteiger partial charge in [0.05, 0.1) is 25.3 Å². The van der Waals surface area contributed by atoms with Crippen molar-refractivity contribution in [1.29, 1.82) is 0 Å². The number of carbonyl (C=O) groups excluding carboxylic acids is 3. The van der Waals surface area contributed by atoms with Crippen LogP contribution in [-0.2, 0) is 35.0 Å². The molecule has 7 atom stereocenters. The first-order valence-electron chi connectivity index (χ1n) is 13.8. The molecule has 0 aromatic heterocycles. The van der Waals surface area contributed by atoms with Crippen LogP contribution in [0.25, 0.3) is 0 Å². The lowest BCUT2D eigenvalue weighted by Gasteiger charge is -2.42. The van der Waals surface area contributed by atoms with Crippen LogP contribution in [0.3, 0.4) is 0 Å². The highest BCUT2D eigenvalue weighted by Gasteiger charge is 2.64. The molecule has 4 bridgehead atoms. The molecule has 3 aliphatic heterocycles. The number of amides is 2. The third kappa shape index (κ3) is 6.44. The Bertz CT molecular complexity index is 1300. The Balaban J connectivity index is 1.79. The highest BCUT2D eigenvalue weighted by Crippen LogP contribution is 2.49. The molecule has 0 radical (unpaired) electrons. The summed E-state index contributed by atoms with van der Waals surface area (Å²) in [4.78, 5) is 39.7. The van der Waals surface area contributed by atoms with E-state index in [1.54, 1.807) is 32.2 Å². The Kier molecular flexibility index (Phi) is 9.27. The van der Waals surface area contributed by atoms with Crippen molar-refractivity contribution in [3.63, 3.8) is 0 Å². The van der Waals surface area contributed by atoms with Crippen molar-refractivity contribution in [3.05, 3.63) is 46.5 Å². The van der Waals surface area contributed by atoms with Crippen LogP contribution < -0.4 is 15.0 Å². The molecule has 3 heterocycles. The highest BCUT2D eigenvalue weighted by molar-refractivity contribution is 6.35. The molecule has 2 saturated heterocycles. The van der Waals surface area contributed by atoms with Crippen molar-refractivity contribution in [3.8, 4) is 5.75 Å². The van der Waals surface area contributed by atoms with Crippen LogP contribution in [0.5, 0.6) is 5.75 Å². The number of hydrogen-bond donors (Lipinski definition) is 2. The van der Waals surface area contributed by atoms with Crippen LogP contribution >= 0.6 is 11.6 Å². The lowest BCUT2D eigenvalue weighted by atomic mass is 9.83. The molecule has 0 aliphatic carbocycles. The van der Waals surface area contributed by atoms with Crippen LogP contribution in [0.15, 0.2) is 35.9 Å². The topological polar surface area (TPSA) is 136 Å². The van der Waals surface area contributed by atoms with Crippen molar-refractivity contribution in [2.75, 3.05) is 26.2 Å². The predicted molar refractivity (Wildman–Crippen MR) is 154 cm³/mol. The Morgan fingerprint density at radius 2 is 1.98 bits per heavy atom. The summed E-state index contributed by atoms with van der Waals surface area (Å²) in [5.41, 5.74) is -0.570. The van der Waals surface area contributed by atoms with Gasteiger partial charge in [-0.15, -0.1) is 0 Å². The molecule has 0 saturated carbocycles. The van der Waals surface area contributed by atoms with Crippen LogP contribution in [0.4, 0.5) is 10.5 Å². The molecular formula is C30H39ClN2O9. The number of esters is 1. The first kappa shape index (κ1) is 31.8. The Morgan fingerprint density at radius 1 is 1.26 bits per heavy atom. The fraction of sp³-hybridized carbons (Fsp3) is 0.567. The zero-order chi connectivity index (χ0) is 31.0. The average molecular weight is 607 g/mol. The zero-order valence-electron chi connectivity index (χ0n) is 24.9. The van der Waals surface area contributed by atoms with Gasteiger partial charge >= 0.3 is 12.1 Å². The normalized spacial score (nSPS) is 34.8. The van der Waals surface area contributed by atoms with Gasteiger partial charge in [0.15, 0.2) is 5.72 Å². The van der Waals surface area contributed by atoms with E-state index in [1.165, 1.54) is 26.0 Å². The first-order chi connectivity index (χ1) is 19.7. The number of hydrogen-bond acceptors (Lipinski definition) is 9. The average Bonchev–Trinajstić information content (AvgIpc) is 3.61. The van der Waals surface area contributed by atoms with Gasteiger partial charge in [0.1, 0.15) is 34.7 Å². The van der Waals surface area contributed by atoms with Gasteiger partial charge in [-0.25, -0.2) is 4.79 Å². The van der Waals surface area contributed by atoms with E-state index in [-0.39, 0.29) is 23.8 Å². The number of halogens is 1. The molecule has 2 amide bonds. The SMILES string of the molecule is COc1cc2cc(c1Cl)N(C)C(=O)CC(OC(C)=O)C1(C)OC1C(C)C1CC(O)(NC(=O)O1)C(OC)C=C/C=C(\C)C2.